The summed E-state index contributed by atoms with van der Waals surface area (Å²) in [6.07, 6.45) is 7.75. The second-order valence-corrected chi connectivity index (χ2v) is 11.8. The van der Waals surface area contributed by atoms with Crippen molar-refractivity contribution in [3.63, 3.8) is 0 Å². The van der Waals surface area contributed by atoms with E-state index in [1.165, 1.54) is 19.3 Å². The summed E-state index contributed by atoms with van der Waals surface area (Å²) in [5.74, 6) is 1.18. The van der Waals surface area contributed by atoms with Crippen LogP contribution in [-0.2, 0) is 20.7 Å². The highest BCUT2D eigenvalue weighted by Crippen LogP contribution is 2.60. The molecule has 1 heterocycles. The minimum Gasteiger partial charge on any atom is -0.444 e. The first-order valence-corrected chi connectivity index (χ1v) is 12.5. The first kappa shape index (κ1) is 22.9. The van der Waals surface area contributed by atoms with E-state index in [0.29, 0.717) is 17.8 Å². The number of benzene rings is 1. The van der Waals surface area contributed by atoms with Crippen molar-refractivity contribution < 1.29 is 19.1 Å². The lowest BCUT2D eigenvalue weighted by atomic mass is 9.49. The summed E-state index contributed by atoms with van der Waals surface area (Å²) in [6, 6.07) is 6.89. The number of rotatable bonds is 5. The van der Waals surface area contributed by atoms with Gasteiger partial charge >= 0.3 is 6.09 Å². The van der Waals surface area contributed by atoms with E-state index < -0.39 is 29.1 Å². The van der Waals surface area contributed by atoms with Gasteiger partial charge in [0.05, 0.1) is 5.41 Å². The van der Waals surface area contributed by atoms with Gasteiger partial charge in [-0.15, -0.1) is 0 Å². The van der Waals surface area contributed by atoms with Crippen LogP contribution in [0.5, 0.6) is 0 Å². The molecule has 3 amide bonds. The zero-order chi connectivity index (χ0) is 24.1. The molecule has 6 rings (SSSR count). The summed E-state index contributed by atoms with van der Waals surface area (Å²) < 4.78 is 5.41. The van der Waals surface area contributed by atoms with Crippen LogP contribution in [0.15, 0.2) is 30.5 Å². The smallest absolute Gasteiger partial charge is 0.408 e. The Morgan fingerprint density at radius 2 is 1.68 bits per heavy atom. The number of amides is 3. The van der Waals surface area contributed by atoms with Crippen molar-refractivity contribution in [3.05, 3.63) is 36.0 Å². The molecule has 0 aliphatic heterocycles. The van der Waals surface area contributed by atoms with Crippen LogP contribution in [-0.4, -0.2) is 34.5 Å². The fourth-order valence-electron chi connectivity index (χ4n) is 6.90. The van der Waals surface area contributed by atoms with Gasteiger partial charge in [0.2, 0.25) is 11.8 Å². The van der Waals surface area contributed by atoms with Gasteiger partial charge in [-0.1, -0.05) is 18.2 Å². The lowest BCUT2D eigenvalue weighted by Gasteiger charge is -2.55. The van der Waals surface area contributed by atoms with Crippen molar-refractivity contribution in [2.45, 2.75) is 77.4 Å². The van der Waals surface area contributed by atoms with E-state index in [-0.39, 0.29) is 12.3 Å². The highest BCUT2D eigenvalue weighted by molar-refractivity contribution is 6.01. The van der Waals surface area contributed by atoms with Gasteiger partial charge in [-0.3, -0.25) is 14.9 Å². The summed E-state index contributed by atoms with van der Waals surface area (Å²) in [5, 5.41) is 6.41. The van der Waals surface area contributed by atoms with Crippen LogP contribution in [0, 0.1) is 23.2 Å². The topological polar surface area (TPSA) is 100 Å². The van der Waals surface area contributed by atoms with E-state index >= 15 is 0 Å². The molecule has 2 aromatic rings. The number of ether oxygens (including phenoxy) is 1. The van der Waals surface area contributed by atoms with E-state index in [1.807, 2.05) is 30.5 Å². The molecule has 4 saturated carbocycles. The Kier molecular flexibility index (Phi) is 5.69. The zero-order valence-corrected chi connectivity index (χ0v) is 20.3. The monoisotopic (exact) mass is 465 g/mol. The van der Waals surface area contributed by atoms with Crippen LogP contribution in [0.1, 0.15) is 64.9 Å². The lowest BCUT2D eigenvalue weighted by molar-refractivity contribution is -0.149. The average molecular weight is 466 g/mol. The highest BCUT2D eigenvalue weighted by atomic mass is 16.6. The second kappa shape index (κ2) is 8.43. The molecule has 3 N–H and O–H groups in total. The third-order valence-electron chi connectivity index (χ3n) is 7.86. The molecule has 0 saturated heterocycles. The molecule has 0 unspecified atom stereocenters. The molecule has 1 aromatic carbocycles. The summed E-state index contributed by atoms with van der Waals surface area (Å²) in [6.45, 7) is 5.33. The predicted molar refractivity (Wildman–Crippen MR) is 129 cm³/mol. The van der Waals surface area contributed by atoms with Crippen LogP contribution >= 0.6 is 0 Å². The predicted octanol–water partition coefficient (Wildman–Crippen LogP) is 4.46. The van der Waals surface area contributed by atoms with Gasteiger partial charge in [-0.05, 0) is 88.7 Å². The van der Waals surface area contributed by atoms with Crippen LogP contribution in [0.4, 0.5) is 4.79 Å². The highest BCUT2D eigenvalue weighted by Gasteiger charge is 2.55. The van der Waals surface area contributed by atoms with Gasteiger partial charge in [0.1, 0.15) is 11.6 Å². The van der Waals surface area contributed by atoms with Crippen molar-refractivity contribution >= 4 is 28.8 Å². The van der Waals surface area contributed by atoms with E-state index in [4.69, 9.17) is 4.74 Å². The Hall–Kier alpha value is -2.83. The van der Waals surface area contributed by atoms with Gasteiger partial charge in [-0.25, -0.2) is 4.79 Å². The Morgan fingerprint density at radius 1 is 1.06 bits per heavy atom. The molecule has 7 nitrogen and oxygen atoms in total. The molecule has 0 radical (unpaired) electrons. The van der Waals surface area contributed by atoms with Gasteiger partial charge < -0.3 is 15.0 Å². The first-order valence-electron chi connectivity index (χ1n) is 12.5. The van der Waals surface area contributed by atoms with Crippen LogP contribution < -0.4 is 10.6 Å². The molecule has 7 heteroatoms. The molecule has 4 fully saturated rings. The lowest BCUT2D eigenvalue weighted by Crippen LogP contribution is -2.57. The Labute approximate surface area is 200 Å². The third kappa shape index (κ3) is 4.57. The van der Waals surface area contributed by atoms with Crippen molar-refractivity contribution in [3.8, 4) is 0 Å². The average Bonchev–Trinajstić information content (AvgIpc) is 3.14. The number of imide groups is 1. The number of carbonyl (C=O) groups is 3. The fourth-order valence-corrected chi connectivity index (χ4v) is 6.90. The Morgan fingerprint density at radius 3 is 2.29 bits per heavy atom. The maximum atomic E-state index is 13.5. The Balaban J connectivity index is 1.34. The second-order valence-electron chi connectivity index (χ2n) is 11.8. The minimum atomic E-state index is -0.924. The van der Waals surface area contributed by atoms with Crippen LogP contribution in [0.25, 0.3) is 10.9 Å². The number of aromatic amines is 1. The summed E-state index contributed by atoms with van der Waals surface area (Å²) in [7, 11) is 0. The molecular formula is C27H35N3O4. The normalized spacial score (nSPS) is 28.5. The molecule has 182 valence electrons. The number of H-pyrrole nitrogens is 1. The SMILES string of the molecule is CC(C)(C)OC(=O)N[C@H](Cc1c[nH]c2ccccc12)C(=O)NC(=O)C12CC3CC(CC(C3)C1)C2. The van der Waals surface area contributed by atoms with E-state index in [1.54, 1.807) is 20.8 Å². The summed E-state index contributed by atoms with van der Waals surface area (Å²) in [5.41, 5.74) is 0.732. The number of hydrogen-bond donors (Lipinski definition) is 3. The minimum absolute atomic E-state index is 0.161. The number of carbonyl (C=O) groups excluding carboxylic acids is 3. The summed E-state index contributed by atoms with van der Waals surface area (Å²) in [4.78, 5) is 42.6. The fraction of sp³-hybridized carbons (Fsp3) is 0.593. The van der Waals surface area contributed by atoms with Gasteiger partial charge in [-0.2, -0.15) is 0 Å². The number of nitrogens with one attached hydrogen (secondary N) is 3. The first-order chi connectivity index (χ1) is 16.1. The van der Waals surface area contributed by atoms with E-state index in [0.717, 1.165) is 35.7 Å². The molecule has 0 spiro atoms. The molecule has 34 heavy (non-hydrogen) atoms. The quantitative estimate of drug-likeness (QED) is 0.607. The van der Waals surface area contributed by atoms with E-state index in [2.05, 4.69) is 15.6 Å². The van der Waals surface area contributed by atoms with Gasteiger partial charge in [0.15, 0.2) is 0 Å². The van der Waals surface area contributed by atoms with Gasteiger partial charge in [0.25, 0.3) is 0 Å². The molecule has 1 aromatic heterocycles. The zero-order valence-electron chi connectivity index (χ0n) is 20.3. The molecule has 4 aliphatic carbocycles. The van der Waals surface area contributed by atoms with Crippen molar-refractivity contribution in [1.82, 2.24) is 15.6 Å². The molecule has 1 atom stereocenters. The standard InChI is InChI=1S/C27H35N3O4/c1-26(2,3)34-25(33)29-22(11-19-15-28-21-7-5-4-6-20(19)21)23(31)30-24(32)27-12-16-8-17(13-27)10-18(9-16)14-27/h4-7,15-18,22,28H,8-14H2,1-3H3,(H,29,33)(H,30,31,32)/t16?,17?,18?,22-,27?/m1/s1. The van der Waals surface area contributed by atoms with Crippen molar-refractivity contribution in [2.24, 2.45) is 23.2 Å². The molecule has 4 bridgehead atoms. The number of fused-ring (bicyclic) bond motifs is 1. The van der Waals surface area contributed by atoms with E-state index in [9.17, 15) is 14.4 Å². The number of aromatic nitrogens is 1. The Bertz CT molecular complexity index is 1080. The molecule has 4 aliphatic rings. The summed E-state index contributed by atoms with van der Waals surface area (Å²) >= 11 is 0. The largest absolute Gasteiger partial charge is 0.444 e. The molecular weight excluding hydrogens is 430 g/mol. The maximum absolute atomic E-state index is 13.5. The maximum Gasteiger partial charge on any atom is 0.408 e. The van der Waals surface area contributed by atoms with Crippen molar-refractivity contribution in [1.29, 1.82) is 0 Å². The van der Waals surface area contributed by atoms with Crippen LogP contribution in [0.3, 0.4) is 0 Å². The number of alkyl carbamates (subject to hydrolysis) is 1. The van der Waals surface area contributed by atoms with Crippen LogP contribution in [0.2, 0.25) is 0 Å². The number of para-hydroxylation sites is 1. The third-order valence-corrected chi connectivity index (χ3v) is 7.86. The number of hydrogen-bond acceptors (Lipinski definition) is 4. The van der Waals surface area contributed by atoms with Gasteiger partial charge in [0, 0.05) is 23.5 Å². The van der Waals surface area contributed by atoms with Crippen molar-refractivity contribution in [2.75, 3.05) is 0 Å².